The number of thiocarbonyl (C=S) groups is 1. The molecule has 4 heterocycles. The third-order valence-corrected chi connectivity index (χ3v) is 9.37. The first-order valence-corrected chi connectivity index (χ1v) is 15.6. The van der Waals surface area contributed by atoms with Crippen LogP contribution in [0.15, 0.2) is 72.9 Å². The zero-order chi connectivity index (χ0) is 31.3. The van der Waals surface area contributed by atoms with Gasteiger partial charge in [-0.3, -0.25) is 4.98 Å². The summed E-state index contributed by atoms with van der Waals surface area (Å²) in [5.74, 6) is 1.15. The number of halogens is 4. The highest BCUT2D eigenvalue weighted by atomic mass is 35.5. The van der Waals surface area contributed by atoms with Crippen LogP contribution in [0.2, 0.25) is 5.02 Å². The number of aryl methyl sites for hydroxylation is 1. The Morgan fingerprint density at radius 1 is 0.932 bits per heavy atom. The Labute approximate surface area is 266 Å². The Morgan fingerprint density at radius 3 is 2.30 bits per heavy atom. The molecule has 6 rings (SSSR count). The highest BCUT2D eigenvalue weighted by Crippen LogP contribution is 2.46. The molecular weight excluding hydrogens is 603 g/mol. The lowest BCUT2D eigenvalue weighted by Gasteiger charge is -2.37. The second-order valence-electron chi connectivity index (χ2n) is 12.2. The molecule has 2 fully saturated rings. The van der Waals surface area contributed by atoms with Crippen LogP contribution in [0.25, 0.3) is 5.69 Å². The molecule has 2 aliphatic heterocycles. The van der Waals surface area contributed by atoms with Gasteiger partial charge in [0.1, 0.15) is 0 Å². The summed E-state index contributed by atoms with van der Waals surface area (Å²) in [6.45, 7) is 10.1. The van der Waals surface area contributed by atoms with Crippen LogP contribution in [0, 0.1) is 25.7 Å². The number of anilines is 2. The van der Waals surface area contributed by atoms with Crippen molar-refractivity contribution in [2.75, 3.05) is 22.9 Å². The van der Waals surface area contributed by atoms with Gasteiger partial charge in [-0.05, 0) is 98.4 Å². The van der Waals surface area contributed by atoms with Crippen molar-refractivity contribution in [1.29, 1.82) is 0 Å². The zero-order valence-corrected chi connectivity index (χ0v) is 26.6. The molecule has 230 valence electrons. The highest BCUT2D eigenvalue weighted by molar-refractivity contribution is 7.80. The van der Waals surface area contributed by atoms with Gasteiger partial charge in [0.15, 0.2) is 5.11 Å². The predicted molar refractivity (Wildman–Crippen MR) is 175 cm³/mol. The molecule has 1 N–H and O–H groups in total. The number of benzene rings is 2. The summed E-state index contributed by atoms with van der Waals surface area (Å²) in [7, 11) is 0. The van der Waals surface area contributed by atoms with Crippen molar-refractivity contribution in [3.05, 3.63) is 106 Å². The summed E-state index contributed by atoms with van der Waals surface area (Å²) >= 11 is 12.9. The van der Waals surface area contributed by atoms with Crippen molar-refractivity contribution < 1.29 is 13.2 Å². The number of pyridine rings is 1. The summed E-state index contributed by atoms with van der Waals surface area (Å²) in [6, 6.07) is 18.6. The molecule has 5 nitrogen and oxygen atoms in total. The van der Waals surface area contributed by atoms with Gasteiger partial charge in [-0.1, -0.05) is 43.6 Å². The van der Waals surface area contributed by atoms with E-state index in [1.165, 1.54) is 18.6 Å². The molecule has 2 aliphatic rings. The van der Waals surface area contributed by atoms with Crippen molar-refractivity contribution >= 4 is 40.3 Å². The lowest BCUT2D eigenvalue weighted by molar-refractivity contribution is -0.137. The number of aromatic nitrogens is 2. The first-order chi connectivity index (χ1) is 20.9. The second kappa shape index (κ2) is 11.7. The van der Waals surface area contributed by atoms with E-state index in [1.807, 2.05) is 55.1 Å². The fourth-order valence-corrected chi connectivity index (χ4v) is 7.72. The number of rotatable bonds is 5. The van der Waals surface area contributed by atoms with Gasteiger partial charge in [-0.25, -0.2) is 0 Å². The molecule has 2 saturated heterocycles. The third-order valence-electron chi connectivity index (χ3n) is 8.76. The van der Waals surface area contributed by atoms with Crippen LogP contribution >= 0.6 is 23.8 Å². The normalized spacial score (nSPS) is 22.4. The number of piperidine rings is 1. The van der Waals surface area contributed by atoms with Crippen LogP contribution in [0.5, 0.6) is 0 Å². The molecule has 10 heteroatoms. The van der Waals surface area contributed by atoms with Crippen molar-refractivity contribution in [2.45, 2.75) is 52.4 Å². The van der Waals surface area contributed by atoms with Crippen LogP contribution in [-0.4, -0.2) is 27.8 Å². The third kappa shape index (κ3) is 5.56. The number of hydrogen-bond acceptors (Lipinski definition) is 3. The molecule has 0 bridgehead atoms. The van der Waals surface area contributed by atoms with Gasteiger partial charge in [0, 0.05) is 36.4 Å². The predicted octanol–water partition coefficient (Wildman–Crippen LogP) is 8.82. The summed E-state index contributed by atoms with van der Waals surface area (Å²) in [5.41, 5.74) is 4.21. The highest BCUT2D eigenvalue weighted by Gasteiger charge is 2.43. The maximum absolute atomic E-state index is 14.1. The molecule has 4 atom stereocenters. The maximum atomic E-state index is 14.1. The maximum Gasteiger partial charge on any atom is 0.418 e. The van der Waals surface area contributed by atoms with E-state index >= 15 is 0 Å². The van der Waals surface area contributed by atoms with Crippen molar-refractivity contribution in [3.8, 4) is 5.69 Å². The number of nitrogens with zero attached hydrogens (tertiary/aromatic N) is 4. The average Bonchev–Trinajstić information content (AvgIpc) is 3.47. The largest absolute Gasteiger partial charge is 0.418 e. The van der Waals surface area contributed by atoms with Crippen LogP contribution in [0.4, 0.5) is 24.5 Å². The minimum Gasteiger partial charge on any atom is -0.370 e. The van der Waals surface area contributed by atoms with E-state index in [4.69, 9.17) is 23.8 Å². The zero-order valence-electron chi connectivity index (χ0n) is 25.1. The van der Waals surface area contributed by atoms with E-state index in [0.29, 0.717) is 33.4 Å². The van der Waals surface area contributed by atoms with Gasteiger partial charge in [-0.15, -0.1) is 0 Å². The van der Waals surface area contributed by atoms with Gasteiger partial charge in [0.2, 0.25) is 0 Å². The van der Waals surface area contributed by atoms with Crippen LogP contribution < -0.4 is 15.1 Å². The van der Waals surface area contributed by atoms with Gasteiger partial charge in [0.25, 0.3) is 0 Å². The summed E-state index contributed by atoms with van der Waals surface area (Å²) in [4.78, 5) is 9.01. The summed E-state index contributed by atoms with van der Waals surface area (Å²) in [6.07, 6.45) is -1.57. The summed E-state index contributed by atoms with van der Waals surface area (Å²) < 4.78 is 44.0. The van der Waals surface area contributed by atoms with Gasteiger partial charge >= 0.3 is 6.18 Å². The molecule has 0 unspecified atom stereocenters. The lowest BCUT2D eigenvalue weighted by atomic mass is 9.91. The molecule has 4 aromatic rings. The van der Waals surface area contributed by atoms with Crippen LogP contribution in [-0.2, 0) is 6.18 Å². The smallest absolute Gasteiger partial charge is 0.370 e. The van der Waals surface area contributed by atoms with Gasteiger partial charge in [0.05, 0.1) is 39.7 Å². The Balaban J connectivity index is 1.46. The van der Waals surface area contributed by atoms with Crippen LogP contribution in [0.1, 0.15) is 60.6 Å². The molecule has 0 amide bonds. The second-order valence-corrected chi connectivity index (χ2v) is 13.0. The number of nitrogens with one attached hydrogen (secondary N) is 1. The number of hydrogen-bond donors (Lipinski definition) is 1. The van der Waals surface area contributed by atoms with E-state index in [9.17, 15) is 13.2 Å². The minimum atomic E-state index is -4.50. The van der Waals surface area contributed by atoms with Gasteiger partial charge in [-0.2, -0.15) is 13.2 Å². The lowest BCUT2D eigenvalue weighted by Crippen LogP contribution is -2.38. The number of alkyl halides is 3. The van der Waals surface area contributed by atoms with E-state index in [2.05, 4.69) is 35.1 Å². The molecule has 2 aromatic heterocycles. The SMILES string of the molecule is Cc1cc([C@@H]2[C@H](c3ccccn3)NC(=S)N2c2ccc(N3C[C@H](C)C[C@@H](C)C3)c(Cl)c2)c(C)n1-c1ccccc1C(F)(F)F. The first-order valence-electron chi connectivity index (χ1n) is 14.8. The van der Waals surface area contributed by atoms with Crippen molar-refractivity contribution in [3.63, 3.8) is 0 Å². The molecule has 0 spiro atoms. The quantitative estimate of drug-likeness (QED) is 0.221. The fourth-order valence-electron chi connectivity index (χ4n) is 7.08. The topological polar surface area (TPSA) is 36.3 Å². The minimum absolute atomic E-state index is 0.0908. The molecule has 0 aliphatic carbocycles. The molecule has 2 aromatic carbocycles. The van der Waals surface area contributed by atoms with E-state index in [-0.39, 0.29) is 11.7 Å². The fraction of sp³-hybridized carbons (Fsp3) is 0.353. The Bertz CT molecular complexity index is 1680. The first kappa shape index (κ1) is 30.5. The molecular formula is C34H35ClF3N5S. The molecule has 0 saturated carbocycles. The van der Waals surface area contributed by atoms with E-state index in [1.54, 1.807) is 16.8 Å². The van der Waals surface area contributed by atoms with E-state index in [0.717, 1.165) is 41.8 Å². The molecule has 0 radical (unpaired) electrons. The Kier molecular flexibility index (Phi) is 8.13. The standard InChI is InChI=1S/C34H35ClF3N5S/c1-20-15-21(2)19-41(18-20)30-13-12-24(17-27(30)35)43-32(31(40-33(43)44)28-10-7-8-14-39-28)25-16-22(3)42(23(25)4)29-11-6-5-9-26(29)34(36,37)38/h5-14,16-17,20-21,31-32H,15,18-19H2,1-4H3,(H,40,44)/t20-,21-,31+,32-/m1/s1. The number of para-hydroxylation sites is 1. The summed E-state index contributed by atoms with van der Waals surface area (Å²) in [5, 5.41) is 4.59. The molecule has 44 heavy (non-hydrogen) atoms. The van der Waals surface area contributed by atoms with Gasteiger partial charge < -0.3 is 19.7 Å². The van der Waals surface area contributed by atoms with Crippen LogP contribution in [0.3, 0.4) is 0 Å². The Hall–Kier alpha value is -3.56. The average molecular weight is 638 g/mol. The van der Waals surface area contributed by atoms with Crippen molar-refractivity contribution in [1.82, 2.24) is 14.9 Å². The monoisotopic (exact) mass is 637 g/mol. The van der Waals surface area contributed by atoms with E-state index < -0.39 is 17.8 Å². The Morgan fingerprint density at radius 2 is 1.64 bits per heavy atom. The van der Waals surface area contributed by atoms with Crippen molar-refractivity contribution in [2.24, 2.45) is 11.8 Å².